The largest absolute Gasteiger partial charge is 0.332 e. The van der Waals surface area contributed by atoms with Crippen LogP contribution in [0.1, 0.15) is 18.9 Å². The number of alkyl halides is 2. The summed E-state index contributed by atoms with van der Waals surface area (Å²) < 4.78 is 29.2. The molecule has 2 heterocycles. The van der Waals surface area contributed by atoms with Crippen molar-refractivity contribution in [2.24, 2.45) is 0 Å². The van der Waals surface area contributed by atoms with E-state index in [0.29, 0.717) is 29.6 Å². The van der Waals surface area contributed by atoms with Gasteiger partial charge in [0.15, 0.2) is 0 Å². The highest BCUT2D eigenvalue weighted by Gasteiger charge is 2.19. The summed E-state index contributed by atoms with van der Waals surface area (Å²) in [6.07, 6.45) is 0.879. The Labute approximate surface area is 146 Å². The van der Waals surface area contributed by atoms with E-state index in [9.17, 15) is 18.4 Å². The average molecular weight is 366 g/mol. The number of halogens is 3. The molecule has 0 bridgehead atoms. The van der Waals surface area contributed by atoms with E-state index in [1.165, 1.54) is 23.0 Å². The number of hydrogen-bond acceptors (Lipinski definition) is 3. The molecule has 5 nitrogen and oxygen atoms in total. The van der Waals surface area contributed by atoms with Crippen molar-refractivity contribution in [1.29, 1.82) is 0 Å². The Balaban J connectivity index is 2.32. The molecule has 0 fully saturated rings. The zero-order chi connectivity index (χ0) is 18.1. The highest BCUT2D eigenvalue weighted by molar-refractivity contribution is 6.31. The third-order valence-corrected chi connectivity index (χ3v) is 4.34. The van der Waals surface area contributed by atoms with Crippen molar-refractivity contribution in [2.75, 3.05) is 0 Å². The number of aldehydes is 1. The number of carbonyl (C=O) groups excluding carboxylic acids is 1. The maximum Gasteiger partial charge on any atom is 0.265 e. The van der Waals surface area contributed by atoms with Crippen molar-refractivity contribution in [1.82, 2.24) is 14.1 Å². The third-order valence-electron chi connectivity index (χ3n) is 4.00. The van der Waals surface area contributed by atoms with Gasteiger partial charge in [0, 0.05) is 28.9 Å². The lowest BCUT2D eigenvalue weighted by molar-refractivity contribution is -0.108. The summed E-state index contributed by atoms with van der Waals surface area (Å²) in [6.45, 7) is 2.31. The smallest absolute Gasteiger partial charge is 0.265 e. The Morgan fingerprint density at radius 1 is 1.32 bits per heavy atom. The molecular formula is C17H14ClF2N3O2. The molecule has 8 heteroatoms. The van der Waals surface area contributed by atoms with Crippen LogP contribution in [0.25, 0.3) is 22.2 Å². The van der Waals surface area contributed by atoms with Gasteiger partial charge in [-0.15, -0.1) is 0 Å². The molecule has 2 aromatic heterocycles. The normalized spacial score (nSPS) is 11.4. The first kappa shape index (κ1) is 17.3. The molecule has 3 rings (SSSR count). The molecule has 3 aromatic rings. The molecule has 0 spiro atoms. The second-order valence-electron chi connectivity index (χ2n) is 5.43. The van der Waals surface area contributed by atoms with Gasteiger partial charge >= 0.3 is 0 Å². The molecule has 25 heavy (non-hydrogen) atoms. The first-order valence-electron chi connectivity index (χ1n) is 7.57. The van der Waals surface area contributed by atoms with Crippen LogP contribution >= 0.6 is 11.6 Å². The second-order valence-corrected chi connectivity index (χ2v) is 5.84. The van der Waals surface area contributed by atoms with Crippen molar-refractivity contribution < 1.29 is 13.6 Å². The molecule has 0 aliphatic heterocycles. The number of aromatic nitrogens is 3. The molecule has 0 amide bonds. The van der Waals surface area contributed by atoms with Crippen LogP contribution < -0.4 is 5.56 Å². The SMILES string of the molecule is CCn1cc(-c2ccc(Cl)c(C(F)F)c2)c2c(=O)n(CC=O)cnc21. The minimum absolute atomic E-state index is 0.0329. The number of hydrogen-bond donors (Lipinski definition) is 0. The van der Waals surface area contributed by atoms with Gasteiger partial charge in [-0.3, -0.25) is 9.36 Å². The summed E-state index contributed by atoms with van der Waals surface area (Å²) >= 11 is 5.82. The lowest BCUT2D eigenvalue weighted by Gasteiger charge is -2.07. The summed E-state index contributed by atoms with van der Waals surface area (Å²) in [5.74, 6) is 0. The van der Waals surface area contributed by atoms with Crippen LogP contribution in [0.3, 0.4) is 0 Å². The van der Waals surface area contributed by atoms with E-state index in [1.807, 2.05) is 6.92 Å². The third kappa shape index (κ3) is 2.95. The lowest BCUT2D eigenvalue weighted by Crippen LogP contribution is -2.21. The van der Waals surface area contributed by atoms with Crippen LogP contribution in [0.5, 0.6) is 0 Å². The maximum atomic E-state index is 13.1. The van der Waals surface area contributed by atoms with E-state index < -0.39 is 12.0 Å². The second kappa shape index (κ2) is 6.76. The van der Waals surface area contributed by atoms with Gasteiger partial charge in [0.1, 0.15) is 18.3 Å². The van der Waals surface area contributed by atoms with Crippen molar-refractivity contribution in [3.63, 3.8) is 0 Å². The first-order valence-corrected chi connectivity index (χ1v) is 7.95. The van der Waals surface area contributed by atoms with Crippen LogP contribution in [0.15, 0.2) is 35.5 Å². The standard InChI is InChI=1S/C17H14ClF2N3O2/c1-2-22-8-12(10-3-4-13(18)11(7-10)15(19)20)14-16(22)21-9-23(5-6-24)17(14)25/h3-4,6-9,15H,2,5H2,1H3. The van der Waals surface area contributed by atoms with Gasteiger partial charge in [0.2, 0.25) is 0 Å². The molecule has 0 aliphatic carbocycles. The molecule has 0 radical (unpaired) electrons. The van der Waals surface area contributed by atoms with Gasteiger partial charge in [-0.2, -0.15) is 0 Å². The summed E-state index contributed by atoms with van der Waals surface area (Å²) in [7, 11) is 0. The Bertz CT molecular complexity index is 1010. The number of rotatable bonds is 5. The monoisotopic (exact) mass is 365 g/mol. The molecule has 130 valence electrons. The van der Waals surface area contributed by atoms with Crippen LogP contribution in [0, 0.1) is 0 Å². The minimum Gasteiger partial charge on any atom is -0.332 e. The van der Waals surface area contributed by atoms with Gasteiger partial charge in [-0.25, -0.2) is 13.8 Å². The van der Waals surface area contributed by atoms with Gasteiger partial charge < -0.3 is 9.36 Å². The van der Waals surface area contributed by atoms with Gasteiger partial charge in [0.25, 0.3) is 12.0 Å². The highest BCUT2D eigenvalue weighted by atomic mass is 35.5. The Morgan fingerprint density at radius 2 is 2.08 bits per heavy atom. The number of fused-ring (bicyclic) bond motifs is 1. The molecule has 0 saturated carbocycles. The zero-order valence-electron chi connectivity index (χ0n) is 13.2. The van der Waals surface area contributed by atoms with Gasteiger partial charge in [-0.1, -0.05) is 17.7 Å². The molecule has 1 aromatic carbocycles. The lowest BCUT2D eigenvalue weighted by atomic mass is 10.0. The van der Waals surface area contributed by atoms with Gasteiger partial charge in [0.05, 0.1) is 11.9 Å². The number of carbonyl (C=O) groups is 1. The Morgan fingerprint density at radius 3 is 2.72 bits per heavy atom. The van der Waals surface area contributed by atoms with E-state index in [1.54, 1.807) is 16.8 Å². The van der Waals surface area contributed by atoms with Crippen LogP contribution in [-0.4, -0.2) is 20.4 Å². The molecule has 0 aliphatic rings. The molecule has 0 N–H and O–H groups in total. The maximum absolute atomic E-state index is 13.1. The minimum atomic E-state index is -2.73. The van der Waals surface area contributed by atoms with Crippen LogP contribution in [0.2, 0.25) is 5.02 Å². The van der Waals surface area contributed by atoms with Crippen molar-refractivity contribution in [2.45, 2.75) is 26.4 Å². The average Bonchev–Trinajstić information content (AvgIpc) is 2.97. The predicted octanol–water partition coefficient (Wildman–Crippen LogP) is 3.67. The van der Waals surface area contributed by atoms with E-state index >= 15 is 0 Å². The number of benzene rings is 1. The van der Waals surface area contributed by atoms with Crippen molar-refractivity contribution >= 4 is 28.9 Å². The topological polar surface area (TPSA) is 56.9 Å². The molecular weight excluding hydrogens is 352 g/mol. The van der Waals surface area contributed by atoms with Crippen molar-refractivity contribution in [3.8, 4) is 11.1 Å². The summed E-state index contributed by atoms with van der Waals surface area (Å²) in [4.78, 5) is 27.7. The highest BCUT2D eigenvalue weighted by Crippen LogP contribution is 2.34. The quantitative estimate of drug-likeness (QED) is 0.648. The molecule has 0 unspecified atom stereocenters. The predicted molar refractivity (Wildman–Crippen MR) is 91.1 cm³/mol. The fourth-order valence-electron chi connectivity index (χ4n) is 2.76. The van der Waals surface area contributed by atoms with E-state index in [2.05, 4.69) is 4.98 Å². The van der Waals surface area contributed by atoms with Crippen LogP contribution in [-0.2, 0) is 17.9 Å². The van der Waals surface area contributed by atoms with E-state index in [-0.39, 0.29) is 22.5 Å². The molecule has 0 atom stereocenters. The van der Waals surface area contributed by atoms with Crippen LogP contribution in [0.4, 0.5) is 8.78 Å². The summed E-state index contributed by atoms with van der Waals surface area (Å²) in [5.41, 5.74) is 0.674. The van der Waals surface area contributed by atoms with E-state index in [0.717, 1.165) is 0 Å². The Hall–Kier alpha value is -2.54. The van der Waals surface area contributed by atoms with Crippen molar-refractivity contribution in [3.05, 3.63) is 51.7 Å². The van der Waals surface area contributed by atoms with E-state index in [4.69, 9.17) is 11.6 Å². The number of nitrogens with zero attached hydrogens (tertiary/aromatic N) is 3. The fourth-order valence-corrected chi connectivity index (χ4v) is 2.96. The molecule has 0 saturated heterocycles. The summed E-state index contributed by atoms with van der Waals surface area (Å²) in [6, 6.07) is 4.24. The Kier molecular flexibility index (Phi) is 4.67. The number of aryl methyl sites for hydroxylation is 1. The summed E-state index contributed by atoms with van der Waals surface area (Å²) in [5, 5.41) is 0.253. The van der Waals surface area contributed by atoms with Gasteiger partial charge in [-0.05, 0) is 24.6 Å². The zero-order valence-corrected chi connectivity index (χ0v) is 14.0. The first-order chi connectivity index (χ1) is 12.0. The fraction of sp³-hybridized carbons (Fsp3) is 0.235.